The van der Waals surface area contributed by atoms with Gasteiger partial charge in [0, 0.05) is 54.2 Å². The van der Waals surface area contributed by atoms with Gasteiger partial charge in [-0.3, -0.25) is 0 Å². The highest BCUT2D eigenvalue weighted by molar-refractivity contribution is 7.26. The summed E-state index contributed by atoms with van der Waals surface area (Å²) in [5, 5.41) is 2.68. The van der Waals surface area contributed by atoms with Crippen molar-refractivity contribution in [3.05, 3.63) is 185 Å². The van der Waals surface area contributed by atoms with Crippen molar-refractivity contribution >= 4 is 88.7 Å². The predicted molar refractivity (Wildman–Crippen MR) is 306 cm³/mol. The molecule has 2 nitrogen and oxygen atoms in total. The van der Waals surface area contributed by atoms with Gasteiger partial charge in [-0.1, -0.05) is 166 Å². The minimum Gasteiger partial charge on any atom is -0.311 e. The Labute approximate surface area is 421 Å². The van der Waals surface area contributed by atoms with Gasteiger partial charge in [-0.15, -0.1) is 11.3 Å². The third-order valence-electron chi connectivity index (χ3n) is 16.4. The molecule has 70 heavy (non-hydrogen) atoms. The molecule has 2 aliphatic heterocycles. The minimum absolute atomic E-state index is 0.0178. The van der Waals surface area contributed by atoms with Gasteiger partial charge < -0.3 is 9.80 Å². The van der Waals surface area contributed by atoms with Crippen LogP contribution in [0.25, 0.3) is 42.4 Å². The highest BCUT2D eigenvalue weighted by atomic mass is 32.1. The van der Waals surface area contributed by atoms with Gasteiger partial charge in [-0.2, -0.15) is 0 Å². The van der Waals surface area contributed by atoms with Crippen LogP contribution in [0.5, 0.6) is 0 Å². The fraction of sp³-hybridized carbons (Fsp3) is 0.273. The van der Waals surface area contributed by atoms with Crippen molar-refractivity contribution in [3.63, 3.8) is 0 Å². The number of thiophene rings is 1. The Hall–Kier alpha value is -6.36. The molecule has 0 spiro atoms. The number of hydrogen-bond donors (Lipinski definition) is 0. The summed E-state index contributed by atoms with van der Waals surface area (Å²) in [6.45, 7) is 28.5. The molecule has 4 heteroatoms. The summed E-state index contributed by atoms with van der Waals surface area (Å²) < 4.78 is 2.66. The third-order valence-corrected chi connectivity index (χ3v) is 17.5. The molecule has 0 atom stereocenters. The number of rotatable bonds is 4. The summed E-state index contributed by atoms with van der Waals surface area (Å²) in [5.41, 5.74) is 24.9. The van der Waals surface area contributed by atoms with Gasteiger partial charge >= 0.3 is 0 Å². The monoisotopic (exact) mass is 928 g/mol. The normalized spacial score (nSPS) is 15.7. The summed E-state index contributed by atoms with van der Waals surface area (Å²) in [7, 11) is 0. The van der Waals surface area contributed by atoms with Crippen LogP contribution in [0.3, 0.4) is 0 Å². The highest BCUT2D eigenvalue weighted by Gasteiger charge is 2.47. The van der Waals surface area contributed by atoms with Gasteiger partial charge in [-0.05, 0) is 169 Å². The molecular formula is C66H65BN2S. The summed E-state index contributed by atoms with van der Waals surface area (Å²) in [4.78, 5) is 5.31. The van der Waals surface area contributed by atoms with E-state index in [1.807, 2.05) is 11.3 Å². The molecule has 0 amide bonds. The van der Waals surface area contributed by atoms with Gasteiger partial charge in [-0.25, -0.2) is 0 Å². The number of benzene rings is 8. The molecule has 348 valence electrons. The van der Waals surface area contributed by atoms with Crippen LogP contribution in [0.2, 0.25) is 0 Å². The molecule has 1 aliphatic carbocycles. The smallest absolute Gasteiger partial charge is 0.252 e. The van der Waals surface area contributed by atoms with Gasteiger partial charge in [0.15, 0.2) is 0 Å². The second-order valence-electron chi connectivity index (χ2n) is 24.2. The van der Waals surface area contributed by atoms with Crippen LogP contribution < -0.4 is 26.2 Å². The number of hydrogen-bond acceptors (Lipinski definition) is 3. The van der Waals surface area contributed by atoms with E-state index in [9.17, 15) is 0 Å². The first kappa shape index (κ1) is 44.8. The van der Waals surface area contributed by atoms with Gasteiger partial charge in [0.05, 0.1) is 5.69 Å². The summed E-state index contributed by atoms with van der Waals surface area (Å²) >= 11 is 1.90. The topological polar surface area (TPSA) is 6.48 Å². The Morgan fingerprint density at radius 2 is 1.06 bits per heavy atom. The second kappa shape index (κ2) is 15.6. The molecular weight excluding hydrogens is 864 g/mol. The van der Waals surface area contributed by atoms with Crippen LogP contribution in [0.4, 0.5) is 34.1 Å². The van der Waals surface area contributed by atoms with Gasteiger partial charge in [0.25, 0.3) is 6.71 Å². The van der Waals surface area contributed by atoms with E-state index in [2.05, 4.69) is 245 Å². The van der Waals surface area contributed by atoms with Crippen molar-refractivity contribution in [1.82, 2.24) is 0 Å². The largest absolute Gasteiger partial charge is 0.311 e. The van der Waals surface area contributed by atoms with Crippen LogP contribution in [-0.2, 0) is 21.7 Å². The first-order chi connectivity index (χ1) is 33.3. The first-order valence-electron chi connectivity index (χ1n) is 25.6. The third kappa shape index (κ3) is 6.95. The predicted octanol–water partition coefficient (Wildman–Crippen LogP) is 17.0. The number of aryl methyl sites for hydroxylation is 2. The number of fused-ring (bicyclic) bond motifs is 8. The van der Waals surface area contributed by atoms with E-state index in [-0.39, 0.29) is 28.4 Å². The lowest BCUT2D eigenvalue weighted by Crippen LogP contribution is -2.62. The maximum absolute atomic E-state index is 2.69. The lowest BCUT2D eigenvalue weighted by molar-refractivity contribution is 0.332. The molecule has 1 aromatic heterocycles. The SMILES string of the molecule is Cc1cc2c3c(c1)N(c1ccc(C(C)(C)C)cc1-c1ccccc1)c1cc4c(cc1B3c1cc(-c3cccc5sc6ccccc6c35)ccc1N2c1ccc(C(C)(C)C)cc1C)C(C)(C)CCC4(C)C. The molecule has 9 aromatic rings. The number of anilines is 6. The molecule has 8 aromatic carbocycles. The minimum atomic E-state index is -0.0217. The Morgan fingerprint density at radius 3 is 1.74 bits per heavy atom. The molecule has 0 bridgehead atoms. The van der Waals surface area contributed by atoms with Crippen molar-refractivity contribution in [2.75, 3.05) is 9.80 Å². The van der Waals surface area contributed by atoms with E-state index in [4.69, 9.17) is 0 Å². The molecule has 0 unspecified atom stereocenters. The molecule has 12 rings (SSSR count). The standard InChI is InChI=1S/C66H65BN2S/c1-40-33-57-62-58(34-40)69(54-30-27-45(64(6,7)8)37-48(54)42-19-14-13-15-20-42)56-39-50-49(65(9,10)31-32-66(50,11)12)38-52(56)67(62)51-36-43(46-22-18-24-60-61(46)47-21-16-17-23-59(47)70-60)25-28-55(51)68(57)53-29-26-44(35-41(53)2)63(3,4)5/h13-30,33-39H,31-32H2,1-12H3. The Balaban J connectivity index is 1.21. The fourth-order valence-electron chi connectivity index (χ4n) is 12.3. The van der Waals surface area contributed by atoms with Crippen LogP contribution >= 0.6 is 11.3 Å². The molecule has 0 saturated heterocycles. The van der Waals surface area contributed by atoms with E-state index >= 15 is 0 Å². The lowest BCUT2D eigenvalue weighted by Gasteiger charge is -2.48. The quantitative estimate of drug-likeness (QED) is 0.162. The molecule has 0 fully saturated rings. The molecule has 0 N–H and O–H groups in total. The maximum Gasteiger partial charge on any atom is 0.252 e. The van der Waals surface area contributed by atoms with Crippen LogP contribution in [0.15, 0.2) is 152 Å². The van der Waals surface area contributed by atoms with Crippen LogP contribution in [0, 0.1) is 13.8 Å². The van der Waals surface area contributed by atoms with Crippen molar-refractivity contribution in [3.8, 4) is 22.3 Å². The second-order valence-corrected chi connectivity index (χ2v) is 25.3. The fourth-order valence-corrected chi connectivity index (χ4v) is 13.5. The summed E-state index contributed by atoms with van der Waals surface area (Å²) in [5.74, 6) is 0. The molecule has 3 aliphatic rings. The maximum atomic E-state index is 2.69. The zero-order valence-corrected chi connectivity index (χ0v) is 44.0. The van der Waals surface area contributed by atoms with Crippen LogP contribution in [-0.4, -0.2) is 6.71 Å². The average Bonchev–Trinajstić information content (AvgIpc) is 3.71. The molecule has 0 saturated carbocycles. The zero-order valence-electron chi connectivity index (χ0n) is 43.2. The zero-order chi connectivity index (χ0) is 48.8. The Morgan fingerprint density at radius 1 is 0.471 bits per heavy atom. The van der Waals surface area contributed by atoms with E-state index in [1.165, 1.54) is 126 Å². The van der Waals surface area contributed by atoms with Gasteiger partial charge in [0.2, 0.25) is 0 Å². The highest BCUT2D eigenvalue weighted by Crippen LogP contribution is 2.53. The summed E-state index contributed by atoms with van der Waals surface area (Å²) in [6, 6.07) is 59.2. The van der Waals surface area contributed by atoms with Gasteiger partial charge in [0.1, 0.15) is 0 Å². The van der Waals surface area contributed by atoms with Crippen LogP contribution in [0.1, 0.15) is 115 Å². The van der Waals surface area contributed by atoms with Crippen molar-refractivity contribution in [1.29, 1.82) is 0 Å². The lowest BCUT2D eigenvalue weighted by atomic mass is 9.33. The van der Waals surface area contributed by atoms with Crippen molar-refractivity contribution in [2.45, 2.75) is 118 Å². The Kier molecular flexibility index (Phi) is 9.97. The van der Waals surface area contributed by atoms with E-state index in [1.54, 1.807) is 0 Å². The molecule has 0 radical (unpaired) electrons. The average molecular weight is 929 g/mol. The van der Waals surface area contributed by atoms with Crippen molar-refractivity contribution in [2.24, 2.45) is 0 Å². The van der Waals surface area contributed by atoms with E-state index in [0.717, 1.165) is 12.8 Å². The molecule has 3 heterocycles. The van der Waals surface area contributed by atoms with Crippen molar-refractivity contribution < 1.29 is 0 Å². The first-order valence-corrected chi connectivity index (χ1v) is 26.4. The Bertz CT molecular complexity index is 3610. The summed E-state index contributed by atoms with van der Waals surface area (Å²) in [6.07, 6.45) is 2.31. The van der Waals surface area contributed by atoms with E-state index < -0.39 is 0 Å². The van der Waals surface area contributed by atoms with E-state index in [0.29, 0.717) is 0 Å². The number of nitrogens with zero attached hydrogens (tertiary/aromatic N) is 2.